The predicted octanol–water partition coefficient (Wildman–Crippen LogP) is 2.75. The third kappa shape index (κ3) is 2.25. The third-order valence-electron chi connectivity index (χ3n) is 1.56. The molecule has 0 unspecified atom stereocenters. The molecule has 0 heterocycles. The molecule has 0 N–H and O–H groups in total. The molecule has 70 valence electrons. The van der Waals surface area contributed by atoms with Crippen molar-refractivity contribution in [2.45, 2.75) is 13.3 Å². The monoisotopic (exact) mass is 204 g/mol. The number of Topliss-reactive ketones (excluding diaryl/α,β-unsaturated/α-hetero) is 1. The highest BCUT2D eigenvalue weighted by molar-refractivity contribution is 6.31. The van der Waals surface area contributed by atoms with E-state index in [9.17, 15) is 13.6 Å². The first-order valence-corrected chi connectivity index (χ1v) is 4.02. The second-order valence-corrected chi connectivity index (χ2v) is 3.08. The van der Waals surface area contributed by atoms with E-state index >= 15 is 0 Å². The van der Waals surface area contributed by atoms with E-state index in [1.807, 2.05) is 0 Å². The van der Waals surface area contributed by atoms with Crippen molar-refractivity contribution >= 4 is 17.4 Å². The highest BCUT2D eigenvalue weighted by Gasteiger charge is 2.12. The van der Waals surface area contributed by atoms with Crippen LogP contribution in [0.25, 0.3) is 0 Å². The SMILES string of the molecule is CC(=O)Cc1c(F)ccc(F)c1Cl. The van der Waals surface area contributed by atoms with Gasteiger partial charge in [-0.2, -0.15) is 0 Å². The first-order chi connectivity index (χ1) is 6.02. The van der Waals surface area contributed by atoms with Crippen molar-refractivity contribution in [1.29, 1.82) is 0 Å². The van der Waals surface area contributed by atoms with Gasteiger partial charge in [-0.05, 0) is 19.1 Å². The van der Waals surface area contributed by atoms with Crippen LogP contribution in [-0.4, -0.2) is 5.78 Å². The molecule has 13 heavy (non-hydrogen) atoms. The molecule has 0 aromatic heterocycles. The van der Waals surface area contributed by atoms with Gasteiger partial charge in [0.2, 0.25) is 0 Å². The Morgan fingerprint density at radius 3 is 2.46 bits per heavy atom. The predicted molar refractivity (Wildman–Crippen MR) is 45.8 cm³/mol. The first-order valence-electron chi connectivity index (χ1n) is 3.64. The van der Waals surface area contributed by atoms with Crippen LogP contribution in [0.5, 0.6) is 0 Å². The summed E-state index contributed by atoms with van der Waals surface area (Å²) in [6.07, 6.45) is -0.178. The molecule has 1 aromatic rings. The van der Waals surface area contributed by atoms with Gasteiger partial charge in [-0.15, -0.1) is 0 Å². The Morgan fingerprint density at radius 2 is 1.92 bits per heavy atom. The lowest BCUT2D eigenvalue weighted by Gasteiger charge is -2.03. The fourth-order valence-electron chi connectivity index (χ4n) is 0.980. The van der Waals surface area contributed by atoms with E-state index in [1.54, 1.807) is 0 Å². The number of ketones is 1. The van der Waals surface area contributed by atoms with Crippen molar-refractivity contribution in [3.63, 3.8) is 0 Å². The molecule has 0 aliphatic rings. The molecule has 0 spiro atoms. The lowest BCUT2D eigenvalue weighted by Crippen LogP contribution is -2.01. The van der Waals surface area contributed by atoms with Gasteiger partial charge >= 0.3 is 0 Å². The summed E-state index contributed by atoms with van der Waals surface area (Å²) in [4.78, 5) is 10.7. The zero-order valence-electron chi connectivity index (χ0n) is 6.90. The van der Waals surface area contributed by atoms with Crippen molar-refractivity contribution in [3.8, 4) is 0 Å². The van der Waals surface area contributed by atoms with Gasteiger partial charge in [0.1, 0.15) is 17.4 Å². The Bertz CT molecular complexity index is 350. The van der Waals surface area contributed by atoms with E-state index < -0.39 is 11.6 Å². The molecule has 0 aliphatic heterocycles. The normalized spacial score (nSPS) is 10.2. The topological polar surface area (TPSA) is 17.1 Å². The van der Waals surface area contributed by atoms with E-state index in [0.717, 1.165) is 12.1 Å². The summed E-state index contributed by atoms with van der Waals surface area (Å²) < 4.78 is 25.8. The number of benzene rings is 1. The second-order valence-electron chi connectivity index (χ2n) is 2.70. The molecule has 4 heteroatoms. The van der Waals surface area contributed by atoms with Crippen molar-refractivity contribution < 1.29 is 13.6 Å². The summed E-state index contributed by atoms with van der Waals surface area (Å²) in [5.74, 6) is -1.62. The molecule has 1 nitrogen and oxygen atoms in total. The maximum absolute atomic E-state index is 13.0. The van der Waals surface area contributed by atoms with Gasteiger partial charge in [-0.25, -0.2) is 8.78 Å². The van der Waals surface area contributed by atoms with Crippen LogP contribution >= 0.6 is 11.6 Å². The van der Waals surface area contributed by atoms with Crippen LogP contribution in [0.2, 0.25) is 5.02 Å². The molecule has 0 saturated heterocycles. The Hall–Kier alpha value is -0.960. The van der Waals surface area contributed by atoms with E-state index in [2.05, 4.69) is 0 Å². The van der Waals surface area contributed by atoms with E-state index in [1.165, 1.54) is 6.92 Å². The van der Waals surface area contributed by atoms with Crippen LogP contribution in [0, 0.1) is 11.6 Å². The lowest BCUT2D eigenvalue weighted by molar-refractivity contribution is -0.116. The Kier molecular flexibility index (Phi) is 2.98. The number of carbonyl (C=O) groups excluding carboxylic acids is 1. The minimum absolute atomic E-state index is 0.0748. The minimum atomic E-state index is -0.709. The fraction of sp³-hybridized carbons (Fsp3) is 0.222. The van der Waals surface area contributed by atoms with E-state index in [-0.39, 0.29) is 22.8 Å². The van der Waals surface area contributed by atoms with Gasteiger partial charge in [0.25, 0.3) is 0 Å². The Balaban J connectivity index is 3.17. The molecule has 0 bridgehead atoms. The van der Waals surface area contributed by atoms with Crippen molar-refractivity contribution in [2.24, 2.45) is 0 Å². The number of hydrogen-bond donors (Lipinski definition) is 0. The molecule has 1 rings (SSSR count). The van der Waals surface area contributed by atoms with Crippen molar-refractivity contribution in [1.82, 2.24) is 0 Å². The van der Waals surface area contributed by atoms with Crippen molar-refractivity contribution in [3.05, 3.63) is 34.4 Å². The van der Waals surface area contributed by atoms with Crippen LogP contribution in [0.3, 0.4) is 0 Å². The summed E-state index contributed by atoms with van der Waals surface area (Å²) in [7, 11) is 0. The van der Waals surface area contributed by atoms with Gasteiger partial charge in [0.05, 0.1) is 5.02 Å². The zero-order chi connectivity index (χ0) is 10.0. The molecule has 0 radical (unpaired) electrons. The molecule has 0 fully saturated rings. The van der Waals surface area contributed by atoms with Crippen molar-refractivity contribution in [2.75, 3.05) is 0 Å². The Morgan fingerprint density at radius 1 is 1.38 bits per heavy atom. The van der Waals surface area contributed by atoms with Crippen LogP contribution in [-0.2, 0) is 11.2 Å². The molecular weight excluding hydrogens is 198 g/mol. The average molecular weight is 205 g/mol. The molecule has 0 aliphatic carbocycles. The van der Waals surface area contributed by atoms with Gasteiger partial charge in [-0.3, -0.25) is 4.79 Å². The highest BCUT2D eigenvalue weighted by Crippen LogP contribution is 2.23. The van der Waals surface area contributed by atoms with Gasteiger partial charge in [0, 0.05) is 12.0 Å². The Labute approximate surface area is 79.3 Å². The van der Waals surface area contributed by atoms with Crippen LogP contribution < -0.4 is 0 Å². The molecule has 0 saturated carbocycles. The molecule has 0 atom stereocenters. The number of hydrogen-bond acceptors (Lipinski definition) is 1. The quantitative estimate of drug-likeness (QED) is 0.677. The summed E-state index contributed by atoms with van der Waals surface area (Å²) in [5, 5.41) is -0.310. The van der Waals surface area contributed by atoms with E-state index in [4.69, 9.17) is 11.6 Å². The standard InChI is InChI=1S/C9H7ClF2O/c1-5(13)4-6-7(11)2-3-8(12)9(6)10/h2-3H,4H2,1H3. The molecule has 0 amide bonds. The fourth-order valence-corrected chi connectivity index (χ4v) is 1.20. The van der Waals surface area contributed by atoms with Gasteiger partial charge in [0.15, 0.2) is 0 Å². The maximum atomic E-state index is 13.0. The molecular formula is C9H7ClF2O. The summed E-state index contributed by atoms with van der Waals surface area (Å²) in [6.45, 7) is 1.29. The largest absolute Gasteiger partial charge is 0.300 e. The van der Waals surface area contributed by atoms with Gasteiger partial charge in [-0.1, -0.05) is 11.6 Å². The number of rotatable bonds is 2. The third-order valence-corrected chi connectivity index (χ3v) is 1.97. The number of halogens is 3. The number of carbonyl (C=O) groups is 1. The lowest BCUT2D eigenvalue weighted by atomic mass is 10.1. The van der Waals surface area contributed by atoms with Crippen LogP contribution in [0.4, 0.5) is 8.78 Å². The van der Waals surface area contributed by atoms with E-state index in [0.29, 0.717) is 0 Å². The smallest absolute Gasteiger partial charge is 0.142 e. The second kappa shape index (κ2) is 3.83. The van der Waals surface area contributed by atoms with Crippen LogP contribution in [0.1, 0.15) is 12.5 Å². The maximum Gasteiger partial charge on any atom is 0.142 e. The molecule has 1 aromatic carbocycles. The minimum Gasteiger partial charge on any atom is -0.300 e. The van der Waals surface area contributed by atoms with Gasteiger partial charge < -0.3 is 0 Å². The average Bonchev–Trinajstić information content (AvgIpc) is 2.05. The van der Waals surface area contributed by atoms with Crippen LogP contribution in [0.15, 0.2) is 12.1 Å². The first kappa shape index (κ1) is 10.1. The summed E-state index contributed by atoms with van der Waals surface area (Å²) in [5.41, 5.74) is -0.0748. The highest BCUT2D eigenvalue weighted by atomic mass is 35.5. The summed E-state index contributed by atoms with van der Waals surface area (Å²) in [6, 6.07) is 1.89. The zero-order valence-corrected chi connectivity index (χ0v) is 7.66. The summed E-state index contributed by atoms with van der Waals surface area (Å²) >= 11 is 5.48.